The number of nitrogens with one attached hydrogen (secondary N) is 1. The standard InChI is InChI=1S/C67H113NO10/c1-4-7-10-13-16-19-22-25-27-29-30-31-32-33-35-37-40-43-46-49-52-55-62(72)78-65-64(74)63(73)61(56-69)77-67(65)76-57-58(59(70)53-50-47-44-41-38-24-21-18-15-12-9-6-3)68-66(75)60(71)54-51-48-45-42-39-36-34-28-26-23-20-17-14-11-8-5-2/h16-17,19-20,25-28,30-31,33,35-36,39,45,48,50,53,58-61,63-65,67,69-71,73-74H,4-15,18,21-24,29,32,34,37-38,40-44,46-47,49,51-52,54-57H2,1-3H3,(H,68,75)/b19-16-,20-17-,27-25-,28-26-,31-30-,35-33-,39-36-,48-45-,53-50+. The number of rotatable bonds is 51. The molecule has 0 radical (unpaired) electrons. The molecule has 1 fully saturated rings. The molecule has 0 saturated carbocycles. The van der Waals surface area contributed by atoms with Crippen molar-refractivity contribution >= 4 is 11.9 Å². The number of hydrogen-bond donors (Lipinski definition) is 6. The van der Waals surface area contributed by atoms with Gasteiger partial charge in [-0.1, -0.05) is 233 Å². The predicted molar refractivity (Wildman–Crippen MR) is 324 cm³/mol. The molecule has 8 atom stereocenters. The highest BCUT2D eigenvalue weighted by Gasteiger charge is 2.47. The summed E-state index contributed by atoms with van der Waals surface area (Å²) in [7, 11) is 0. The Morgan fingerprint density at radius 2 is 0.885 bits per heavy atom. The number of amides is 1. The summed E-state index contributed by atoms with van der Waals surface area (Å²) in [5.41, 5.74) is 0. The van der Waals surface area contributed by atoms with Crippen molar-refractivity contribution in [3.63, 3.8) is 0 Å². The van der Waals surface area contributed by atoms with Gasteiger partial charge in [0.1, 0.15) is 24.4 Å². The number of ether oxygens (including phenoxy) is 3. The zero-order valence-corrected chi connectivity index (χ0v) is 49.2. The molecule has 6 N–H and O–H groups in total. The lowest BCUT2D eigenvalue weighted by Gasteiger charge is -2.41. The van der Waals surface area contributed by atoms with E-state index in [4.69, 9.17) is 14.2 Å². The molecule has 0 aliphatic carbocycles. The van der Waals surface area contributed by atoms with Crippen LogP contribution >= 0.6 is 0 Å². The van der Waals surface area contributed by atoms with Crippen LogP contribution in [0.3, 0.4) is 0 Å². The lowest BCUT2D eigenvalue weighted by atomic mass is 9.99. The first-order chi connectivity index (χ1) is 38.2. The van der Waals surface area contributed by atoms with E-state index >= 15 is 0 Å². The van der Waals surface area contributed by atoms with Crippen LogP contribution in [0.4, 0.5) is 0 Å². The maximum atomic E-state index is 13.4. The van der Waals surface area contributed by atoms with Crippen LogP contribution in [0.25, 0.3) is 0 Å². The van der Waals surface area contributed by atoms with Gasteiger partial charge in [0.2, 0.25) is 5.91 Å². The predicted octanol–water partition coefficient (Wildman–Crippen LogP) is 14.9. The van der Waals surface area contributed by atoms with Crippen molar-refractivity contribution in [3.05, 3.63) is 109 Å². The number of carbonyl (C=O) groups excluding carboxylic acids is 2. The molecule has 11 nitrogen and oxygen atoms in total. The molecule has 0 aromatic carbocycles. The summed E-state index contributed by atoms with van der Waals surface area (Å²) in [6, 6.07) is -1.06. The molecule has 8 unspecified atom stereocenters. The van der Waals surface area contributed by atoms with E-state index in [9.17, 15) is 35.1 Å². The van der Waals surface area contributed by atoms with E-state index < -0.39 is 67.4 Å². The van der Waals surface area contributed by atoms with Crippen LogP contribution in [-0.4, -0.2) is 99.6 Å². The summed E-state index contributed by atoms with van der Waals surface area (Å²) in [4.78, 5) is 26.5. The van der Waals surface area contributed by atoms with Gasteiger partial charge in [-0.3, -0.25) is 9.59 Å². The second-order valence-electron chi connectivity index (χ2n) is 21.1. The molecule has 1 rings (SSSR count). The molecule has 0 aromatic heterocycles. The average molecular weight is 1090 g/mol. The average Bonchev–Trinajstić information content (AvgIpc) is 3.45. The molecule has 0 aromatic rings. The van der Waals surface area contributed by atoms with Crippen LogP contribution in [0.1, 0.15) is 239 Å². The first-order valence-electron chi connectivity index (χ1n) is 31.2. The highest BCUT2D eigenvalue weighted by atomic mass is 16.7. The molecule has 1 saturated heterocycles. The van der Waals surface area contributed by atoms with Gasteiger partial charge in [0.25, 0.3) is 0 Å². The Morgan fingerprint density at radius 1 is 0.500 bits per heavy atom. The van der Waals surface area contributed by atoms with Crippen molar-refractivity contribution < 1.29 is 49.3 Å². The van der Waals surface area contributed by atoms with Crippen LogP contribution in [0.15, 0.2) is 109 Å². The van der Waals surface area contributed by atoms with E-state index in [0.717, 1.165) is 103 Å². The van der Waals surface area contributed by atoms with Crippen LogP contribution in [0.2, 0.25) is 0 Å². The van der Waals surface area contributed by atoms with Crippen molar-refractivity contribution in [2.24, 2.45) is 0 Å². The fourth-order valence-electron chi connectivity index (χ4n) is 8.92. The van der Waals surface area contributed by atoms with Gasteiger partial charge in [-0.25, -0.2) is 0 Å². The summed E-state index contributed by atoms with van der Waals surface area (Å²) in [5, 5.41) is 56.9. The van der Waals surface area contributed by atoms with Crippen LogP contribution in [0.5, 0.6) is 0 Å². The van der Waals surface area contributed by atoms with Gasteiger partial charge in [0.15, 0.2) is 12.4 Å². The van der Waals surface area contributed by atoms with E-state index in [2.05, 4.69) is 111 Å². The van der Waals surface area contributed by atoms with Gasteiger partial charge >= 0.3 is 5.97 Å². The minimum absolute atomic E-state index is 0.0901. The Kier molecular flexibility index (Phi) is 50.0. The summed E-state index contributed by atoms with van der Waals surface area (Å²) in [5.74, 6) is -1.28. The number of aliphatic hydroxyl groups excluding tert-OH is 5. The van der Waals surface area contributed by atoms with Crippen molar-refractivity contribution in [2.75, 3.05) is 13.2 Å². The SMILES string of the molecule is CCCCC/C=C\C/C=C\C/C=C\C/C=C\CCCCCCCC(=O)OC1C(OCC(NC(=O)C(O)CC/C=C\C/C=C\C/C=C\C/C=C\CCCCC)C(O)/C=C/CCCCCCCCCCCC)OC(CO)C(O)C1O. The lowest BCUT2D eigenvalue weighted by molar-refractivity contribution is -0.305. The Hall–Kier alpha value is -3.68. The van der Waals surface area contributed by atoms with Gasteiger partial charge < -0.3 is 45.1 Å². The Morgan fingerprint density at radius 3 is 1.35 bits per heavy atom. The van der Waals surface area contributed by atoms with E-state index in [1.165, 1.54) is 89.9 Å². The number of unbranched alkanes of at least 4 members (excludes halogenated alkanes) is 21. The summed E-state index contributed by atoms with van der Waals surface area (Å²) >= 11 is 0. The Balaban J connectivity index is 2.73. The molecule has 11 heteroatoms. The highest BCUT2D eigenvalue weighted by Crippen LogP contribution is 2.26. The van der Waals surface area contributed by atoms with Crippen molar-refractivity contribution in [3.8, 4) is 0 Å². The van der Waals surface area contributed by atoms with E-state index in [1.807, 2.05) is 18.2 Å². The first-order valence-corrected chi connectivity index (χ1v) is 31.2. The minimum Gasteiger partial charge on any atom is -0.454 e. The van der Waals surface area contributed by atoms with Gasteiger partial charge in [-0.05, 0) is 109 Å². The van der Waals surface area contributed by atoms with Crippen molar-refractivity contribution in [2.45, 2.75) is 288 Å². The number of esters is 1. The van der Waals surface area contributed by atoms with Crippen LogP contribution < -0.4 is 5.32 Å². The Labute approximate surface area is 475 Å². The third-order valence-corrected chi connectivity index (χ3v) is 13.9. The van der Waals surface area contributed by atoms with Gasteiger partial charge in [-0.15, -0.1) is 0 Å². The molecule has 78 heavy (non-hydrogen) atoms. The highest BCUT2D eigenvalue weighted by molar-refractivity contribution is 5.80. The summed E-state index contributed by atoms with van der Waals surface area (Å²) in [6.45, 7) is 5.67. The number of aliphatic hydroxyl groups is 5. The fraction of sp³-hybridized carbons (Fsp3) is 0.701. The molecule has 0 spiro atoms. The van der Waals surface area contributed by atoms with Crippen molar-refractivity contribution in [1.82, 2.24) is 5.32 Å². The molecule has 446 valence electrons. The molecule has 1 amide bonds. The third kappa shape index (κ3) is 41.3. The van der Waals surface area contributed by atoms with E-state index in [0.29, 0.717) is 12.8 Å². The Bertz CT molecular complexity index is 1680. The maximum absolute atomic E-state index is 13.4. The first kappa shape index (κ1) is 72.3. The second kappa shape index (κ2) is 53.9. The maximum Gasteiger partial charge on any atom is 0.306 e. The molecular formula is C67H113NO10. The number of allylic oxidation sites excluding steroid dienone is 17. The summed E-state index contributed by atoms with van der Waals surface area (Å²) in [6.07, 6.45) is 62.7. The topological polar surface area (TPSA) is 175 Å². The lowest BCUT2D eigenvalue weighted by Crippen LogP contribution is -2.61. The molecule has 1 heterocycles. The minimum atomic E-state index is -1.64. The quantitative estimate of drug-likeness (QED) is 0.0195. The second-order valence-corrected chi connectivity index (χ2v) is 21.1. The third-order valence-electron chi connectivity index (χ3n) is 13.9. The molecule has 0 bridgehead atoms. The largest absolute Gasteiger partial charge is 0.454 e. The van der Waals surface area contributed by atoms with Gasteiger partial charge in [0.05, 0.1) is 25.4 Å². The normalized spacial score (nSPS) is 19.7. The number of hydrogen-bond acceptors (Lipinski definition) is 10. The zero-order valence-electron chi connectivity index (χ0n) is 49.2. The number of carbonyl (C=O) groups is 2. The fourth-order valence-corrected chi connectivity index (χ4v) is 8.92. The van der Waals surface area contributed by atoms with Crippen LogP contribution in [-0.2, 0) is 23.8 Å². The van der Waals surface area contributed by atoms with Crippen molar-refractivity contribution in [1.29, 1.82) is 0 Å². The van der Waals surface area contributed by atoms with Gasteiger partial charge in [0, 0.05) is 6.42 Å². The molecule has 1 aliphatic rings. The van der Waals surface area contributed by atoms with E-state index in [1.54, 1.807) is 6.08 Å². The monoisotopic (exact) mass is 1090 g/mol. The summed E-state index contributed by atoms with van der Waals surface area (Å²) < 4.78 is 17.6. The molecule has 1 aliphatic heterocycles. The van der Waals surface area contributed by atoms with E-state index in [-0.39, 0.29) is 19.4 Å². The van der Waals surface area contributed by atoms with Crippen LogP contribution in [0, 0.1) is 0 Å². The zero-order chi connectivity index (χ0) is 56.8. The molecular weight excluding hydrogens is 979 g/mol. The van der Waals surface area contributed by atoms with Gasteiger partial charge in [-0.2, -0.15) is 0 Å². The smallest absolute Gasteiger partial charge is 0.306 e.